The second kappa shape index (κ2) is 8.06. The Kier molecular flexibility index (Phi) is 5.56. The van der Waals surface area contributed by atoms with Gasteiger partial charge in [-0.05, 0) is 50.6 Å². The molecular weight excluding hydrogens is 274 g/mol. The molecule has 1 saturated heterocycles. The molecular formula is C17H25N5. The lowest BCUT2D eigenvalue weighted by Gasteiger charge is -2.30. The number of nitrogens with zero attached hydrogens (tertiary/aromatic N) is 4. The van der Waals surface area contributed by atoms with Gasteiger partial charge >= 0.3 is 0 Å². The molecule has 0 radical (unpaired) electrons. The standard InChI is InChI=1S/C17H25N5/c1-2-9-19-16(5-1)15-21(13-14-22-12-4-10-20-22)17-6-3-8-18-11-7-17/h1-2,4-5,9-10,12,17-18H,3,6-8,11,13-15H2. The first-order chi connectivity index (χ1) is 10.9. The van der Waals surface area contributed by atoms with Gasteiger partial charge in [-0.1, -0.05) is 6.07 Å². The topological polar surface area (TPSA) is 46.0 Å². The van der Waals surface area contributed by atoms with Gasteiger partial charge in [-0.15, -0.1) is 0 Å². The van der Waals surface area contributed by atoms with E-state index in [0.29, 0.717) is 6.04 Å². The van der Waals surface area contributed by atoms with Crippen molar-refractivity contribution < 1.29 is 0 Å². The van der Waals surface area contributed by atoms with Crippen molar-refractivity contribution in [3.63, 3.8) is 0 Å². The average Bonchev–Trinajstić information content (AvgIpc) is 2.93. The summed E-state index contributed by atoms with van der Waals surface area (Å²) in [6.45, 7) is 5.14. The highest BCUT2D eigenvalue weighted by Crippen LogP contribution is 2.16. The van der Waals surface area contributed by atoms with Crippen LogP contribution in [-0.2, 0) is 13.1 Å². The minimum absolute atomic E-state index is 0.632. The van der Waals surface area contributed by atoms with Crippen LogP contribution in [0, 0.1) is 0 Å². The molecule has 1 fully saturated rings. The molecule has 5 nitrogen and oxygen atoms in total. The van der Waals surface area contributed by atoms with Crippen molar-refractivity contribution in [2.24, 2.45) is 0 Å². The molecule has 1 aliphatic rings. The van der Waals surface area contributed by atoms with Crippen LogP contribution in [0.2, 0.25) is 0 Å². The first-order valence-corrected chi connectivity index (χ1v) is 8.24. The van der Waals surface area contributed by atoms with Gasteiger partial charge in [0.05, 0.1) is 12.2 Å². The van der Waals surface area contributed by atoms with Crippen molar-refractivity contribution in [3.8, 4) is 0 Å². The highest BCUT2D eigenvalue weighted by molar-refractivity contribution is 5.03. The van der Waals surface area contributed by atoms with Gasteiger partial charge in [-0.3, -0.25) is 14.6 Å². The van der Waals surface area contributed by atoms with Gasteiger partial charge in [-0.25, -0.2) is 0 Å². The molecule has 0 bridgehead atoms. The van der Waals surface area contributed by atoms with Crippen molar-refractivity contribution in [3.05, 3.63) is 48.5 Å². The third-order valence-electron chi connectivity index (χ3n) is 4.33. The van der Waals surface area contributed by atoms with E-state index in [4.69, 9.17) is 0 Å². The lowest BCUT2D eigenvalue weighted by atomic mass is 10.1. The largest absolute Gasteiger partial charge is 0.317 e. The van der Waals surface area contributed by atoms with Crippen LogP contribution in [0.4, 0.5) is 0 Å². The summed E-state index contributed by atoms with van der Waals surface area (Å²) in [5, 5.41) is 7.83. The number of hydrogen-bond donors (Lipinski definition) is 1. The van der Waals surface area contributed by atoms with Gasteiger partial charge < -0.3 is 5.32 Å². The van der Waals surface area contributed by atoms with Gasteiger partial charge in [0.25, 0.3) is 0 Å². The first kappa shape index (κ1) is 15.2. The predicted octanol–water partition coefficient (Wildman–Crippen LogP) is 1.92. The van der Waals surface area contributed by atoms with Gasteiger partial charge in [-0.2, -0.15) is 5.10 Å². The van der Waals surface area contributed by atoms with Crippen molar-refractivity contribution in [2.45, 2.75) is 38.4 Å². The second-order valence-electron chi connectivity index (χ2n) is 5.90. The lowest BCUT2D eigenvalue weighted by Crippen LogP contribution is -2.38. The fourth-order valence-corrected chi connectivity index (χ4v) is 3.12. The van der Waals surface area contributed by atoms with Crippen molar-refractivity contribution in [1.29, 1.82) is 0 Å². The molecule has 0 spiro atoms. The molecule has 0 amide bonds. The molecule has 3 rings (SSSR count). The normalized spacial score (nSPS) is 19.2. The maximum Gasteiger partial charge on any atom is 0.0544 e. The predicted molar refractivity (Wildman–Crippen MR) is 87.4 cm³/mol. The third kappa shape index (κ3) is 4.39. The van der Waals surface area contributed by atoms with E-state index in [0.717, 1.165) is 38.4 Å². The molecule has 0 saturated carbocycles. The minimum Gasteiger partial charge on any atom is -0.317 e. The Balaban J connectivity index is 1.66. The van der Waals surface area contributed by atoms with Crippen LogP contribution in [0.15, 0.2) is 42.9 Å². The van der Waals surface area contributed by atoms with Gasteiger partial charge in [0.2, 0.25) is 0 Å². The molecule has 3 heterocycles. The first-order valence-electron chi connectivity index (χ1n) is 8.24. The Morgan fingerprint density at radius 1 is 1.18 bits per heavy atom. The van der Waals surface area contributed by atoms with E-state index in [1.54, 1.807) is 0 Å². The number of hydrogen-bond acceptors (Lipinski definition) is 4. The number of pyridine rings is 1. The molecule has 1 aliphatic heterocycles. The van der Waals surface area contributed by atoms with Gasteiger partial charge in [0.15, 0.2) is 0 Å². The van der Waals surface area contributed by atoms with E-state index in [1.165, 1.54) is 19.3 Å². The number of rotatable bonds is 6. The molecule has 2 aromatic heterocycles. The molecule has 1 N–H and O–H groups in total. The summed E-state index contributed by atoms with van der Waals surface area (Å²) in [7, 11) is 0. The van der Waals surface area contributed by atoms with Crippen LogP contribution in [0.25, 0.3) is 0 Å². The van der Waals surface area contributed by atoms with Crippen LogP contribution in [-0.4, -0.2) is 45.3 Å². The fraction of sp³-hybridized carbons (Fsp3) is 0.529. The molecule has 0 aromatic carbocycles. The van der Waals surface area contributed by atoms with E-state index in [1.807, 2.05) is 35.4 Å². The SMILES string of the molecule is c1ccc(CN(CCn2cccn2)C2CCCNCC2)nc1. The zero-order valence-electron chi connectivity index (χ0n) is 13.1. The number of nitrogens with one attached hydrogen (secondary N) is 1. The van der Waals surface area contributed by atoms with Crippen LogP contribution >= 0.6 is 0 Å². The van der Waals surface area contributed by atoms with E-state index in [-0.39, 0.29) is 0 Å². The van der Waals surface area contributed by atoms with Crippen LogP contribution in [0.5, 0.6) is 0 Å². The van der Waals surface area contributed by atoms with E-state index < -0.39 is 0 Å². The Bertz CT molecular complexity index is 517. The summed E-state index contributed by atoms with van der Waals surface area (Å²) in [5.41, 5.74) is 1.15. The molecule has 1 unspecified atom stereocenters. The summed E-state index contributed by atoms with van der Waals surface area (Å²) in [5.74, 6) is 0. The van der Waals surface area contributed by atoms with Crippen LogP contribution in [0.3, 0.4) is 0 Å². The van der Waals surface area contributed by atoms with E-state index >= 15 is 0 Å². The summed E-state index contributed by atoms with van der Waals surface area (Å²) >= 11 is 0. The Morgan fingerprint density at radius 3 is 3.00 bits per heavy atom. The number of aromatic nitrogens is 3. The smallest absolute Gasteiger partial charge is 0.0544 e. The summed E-state index contributed by atoms with van der Waals surface area (Å²) in [4.78, 5) is 7.08. The molecule has 118 valence electrons. The van der Waals surface area contributed by atoms with Crippen molar-refractivity contribution in [2.75, 3.05) is 19.6 Å². The van der Waals surface area contributed by atoms with Crippen molar-refractivity contribution in [1.82, 2.24) is 25.0 Å². The van der Waals surface area contributed by atoms with Crippen molar-refractivity contribution >= 4 is 0 Å². The molecule has 2 aromatic rings. The monoisotopic (exact) mass is 299 g/mol. The maximum atomic E-state index is 4.50. The quantitative estimate of drug-likeness (QED) is 0.885. The Morgan fingerprint density at radius 2 is 2.18 bits per heavy atom. The zero-order chi connectivity index (χ0) is 15.0. The third-order valence-corrected chi connectivity index (χ3v) is 4.33. The minimum atomic E-state index is 0.632. The zero-order valence-corrected chi connectivity index (χ0v) is 13.1. The van der Waals surface area contributed by atoms with Crippen LogP contribution < -0.4 is 5.32 Å². The molecule has 22 heavy (non-hydrogen) atoms. The van der Waals surface area contributed by atoms with E-state index in [2.05, 4.69) is 32.4 Å². The summed E-state index contributed by atoms with van der Waals surface area (Å²) in [6.07, 6.45) is 9.50. The van der Waals surface area contributed by atoms with Gasteiger partial charge in [0, 0.05) is 37.7 Å². The molecule has 0 aliphatic carbocycles. The Hall–Kier alpha value is -1.72. The second-order valence-corrected chi connectivity index (χ2v) is 5.90. The highest BCUT2D eigenvalue weighted by Gasteiger charge is 2.20. The maximum absolute atomic E-state index is 4.50. The lowest BCUT2D eigenvalue weighted by molar-refractivity contribution is 0.162. The fourth-order valence-electron chi connectivity index (χ4n) is 3.12. The molecule has 1 atom stereocenters. The average molecular weight is 299 g/mol. The van der Waals surface area contributed by atoms with Crippen LogP contribution in [0.1, 0.15) is 25.0 Å². The molecule has 5 heteroatoms. The van der Waals surface area contributed by atoms with E-state index in [9.17, 15) is 0 Å². The highest BCUT2D eigenvalue weighted by atomic mass is 15.3. The van der Waals surface area contributed by atoms with Gasteiger partial charge in [0.1, 0.15) is 0 Å². The summed E-state index contributed by atoms with van der Waals surface area (Å²) in [6, 6.07) is 8.79. The Labute approximate surface area is 132 Å². The summed E-state index contributed by atoms with van der Waals surface area (Å²) < 4.78 is 2.01.